The smallest absolute Gasteiger partial charge is 0.289 e. The molecule has 1 N–H and O–H groups in total. The quantitative estimate of drug-likeness (QED) is 0.830. The summed E-state index contributed by atoms with van der Waals surface area (Å²) in [7, 11) is 0. The van der Waals surface area contributed by atoms with Crippen molar-refractivity contribution in [2.75, 3.05) is 32.7 Å². The van der Waals surface area contributed by atoms with Crippen molar-refractivity contribution in [3.05, 3.63) is 24.2 Å². The molecular weight excluding hydrogens is 318 g/mol. The summed E-state index contributed by atoms with van der Waals surface area (Å²) in [5.74, 6) is 0.521. The van der Waals surface area contributed by atoms with Crippen LogP contribution in [0.3, 0.4) is 0 Å². The molecule has 1 aliphatic heterocycles. The highest BCUT2D eigenvalue weighted by atomic mass is 16.3. The number of carbonyl (C=O) groups excluding carboxylic acids is 2. The van der Waals surface area contributed by atoms with E-state index in [1.54, 1.807) is 12.1 Å². The van der Waals surface area contributed by atoms with Gasteiger partial charge in [-0.1, -0.05) is 25.7 Å². The summed E-state index contributed by atoms with van der Waals surface area (Å²) in [4.78, 5) is 28.5. The highest BCUT2D eigenvalue weighted by Gasteiger charge is 2.24. The Kier molecular flexibility index (Phi) is 6.50. The van der Waals surface area contributed by atoms with Crippen LogP contribution in [-0.4, -0.2) is 60.4 Å². The first-order valence-electron chi connectivity index (χ1n) is 9.57. The summed E-state index contributed by atoms with van der Waals surface area (Å²) >= 11 is 0. The molecule has 0 bridgehead atoms. The van der Waals surface area contributed by atoms with Crippen LogP contribution in [0.15, 0.2) is 22.8 Å². The summed E-state index contributed by atoms with van der Waals surface area (Å²) in [6.07, 6.45) is 9.38. The number of nitrogens with one attached hydrogen (secondary N) is 1. The summed E-state index contributed by atoms with van der Waals surface area (Å²) in [6.45, 7) is 3.75. The summed E-state index contributed by atoms with van der Waals surface area (Å²) in [5, 5.41) is 3.20. The average molecular weight is 347 g/mol. The first-order valence-corrected chi connectivity index (χ1v) is 9.57. The van der Waals surface area contributed by atoms with Crippen molar-refractivity contribution in [1.82, 2.24) is 15.1 Å². The van der Waals surface area contributed by atoms with E-state index in [4.69, 9.17) is 4.42 Å². The molecule has 0 aromatic carbocycles. The maximum atomic E-state index is 12.2. The molecule has 0 unspecified atom stereocenters. The van der Waals surface area contributed by atoms with Crippen LogP contribution in [0, 0.1) is 0 Å². The highest BCUT2D eigenvalue weighted by Crippen LogP contribution is 2.17. The van der Waals surface area contributed by atoms with Crippen molar-refractivity contribution in [3.63, 3.8) is 0 Å². The fraction of sp³-hybridized carbons (Fsp3) is 0.684. The second-order valence-corrected chi connectivity index (χ2v) is 7.12. The third-order valence-electron chi connectivity index (χ3n) is 5.27. The zero-order valence-corrected chi connectivity index (χ0v) is 14.9. The van der Waals surface area contributed by atoms with Crippen LogP contribution < -0.4 is 5.32 Å². The maximum absolute atomic E-state index is 12.2. The number of carbonyl (C=O) groups is 2. The second kappa shape index (κ2) is 9.04. The third kappa shape index (κ3) is 5.33. The minimum atomic E-state index is -0.0456. The molecule has 1 saturated heterocycles. The fourth-order valence-electron chi connectivity index (χ4n) is 3.71. The Bertz CT molecular complexity index is 542. The minimum Gasteiger partial charge on any atom is -0.459 e. The summed E-state index contributed by atoms with van der Waals surface area (Å²) in [5.41, 5.74) is 0. The Hall–Kier alpha value is -1.82. The SMILES string of the molecule is O=C(CCN1CCN(C(=O)c2ccco2)CC1)NC1CCCCCC1. The Morgan fingerprint density at radius 3 is 2.44 bits per heavy atom. The van der Waals surface area contributed by atoms with Gasteiger partial charge in [-0.15, -0.1) is 0 Å². The van der Waals surface area contributed by atoms with Crippen molar-refractivity contribution in [2.45, 2.75) is 51.0 Å². The molecule has 6 nitrogen and oxygen atoms in total. The molecule has 2 amide bonds. The fourth-order valence-corrected chi connectivity index (χ4v) is 3.71. The number of nitrogens with zero attached hydrogens (tertiary/aromatic N) is 2. The highest BCUT2D eigenvalue weighted by molar-refractivity contribution is 5.91. The zero-order valence-electron chi connectivity index (χ0n) is 14.9. The van der Waals surface area contributed by atoms with Crippen molar-refractivity contribution < 1.29 is 14.0 Å². The monoisotopic (exact) mass is 347 g/mol. The van der Waals surface area contributed by atoms with Crippen LogP contribution in [0.5, 0.6) is 0 Å². The largest absolute Gasteiger partial charge is 0.459 e. The molecule has 0 atom stereocenters. The van der Waals surface area contributed by atoms with Gasteiger partial charge in [-0.2, -0.15) is 0 Å². The number of rotatable bonds is 5. The molecule has 1 aromatic heterocycles. The molecule has 25 heavy (non-hydrogen) atoms. The molecule has 138 valence electrons. The summed E-state index contributed by atoms with van der Waals surface area (Å²) < 4.78 is 5.18. The topological polar surface area (TPSA) is 65.8 Å². The lowest BCUT2D eigenvalue weighted by Gasteiger charge is -2.34. The number of hydrogen-bond donors (Lipinski definition) is 1. The second-order valence-electron chi connectivity index (χ2n) is 7.12. The summed E-state index contributed by atoms with van der Waals surface area (Å²) in [6, 6.07) is 3.81. The van der Waals surface area contributed by atoms with Crippen LogP contribution in [0.1, 0.15) is 55.5 Å². The van der Waals surface area contributed by atoms with E-state index < -0.39 is 0 Å². The van der Waals surface area contributed by atoms with Gasteiger partial charge in [-0.3, -0.25) is 14.5 Å². The molecule has 1 aliphatic carbocycles. The van der Waals surface area contributed by atoms with Gasteiger partial charge in [0.05, 0.1) is 6.26 Å². The normalized spacial score (nSPS) is 20.2. The molecule has 6 heteroatoms. The molecule has 2 heterocycles. The van der Waals surface area contributed by atoms with E-state index >= 15 is 0 Å². The minimum absolute atomic E-state index is 0.0456. The first-order chi connectivity index (χ1) is 12.2. The lowest BCUT2D eigenvalue weighted by Crippen LogP contribution is -2.49. The molecule has 2 fully saturated rings. The van der Waals surface area contributed by atoms with Crippen molar-refractivity contribution in [3.8, 4) is 0 Å². The van der Waals surface area contributed by atoms with Gasteiger partial charge in [-0.25, -0.2) is 0 Å². The van der Waals surface area contributed by atoms with Gasteiger partial charge in [0.2, 0.25) is 5.91 Å². The lowest BCUT2D eigenvalue weighted by atomic mass is 10.1. The Morgan fingerprint density at radius 2 is 1.80 bits per heavy atom. The zero-order chi connectivity index (χ0) is 17.5. The Morgan fingerprint density at radius 1 is 1.08 bits per heavy atom. The van der Waals surface area contributed by atoms with Crippen LogP contribution in [0.25, 0.3) is 0 Å². The molecule has 0 radical (unpaired) electrons. The molecule has 2 aliphatic rings. The Labute approximate surface area is 149 Å². The van der Waals surface area contributed by atoms with Gasteiger partial charge in [0.25, 0.3) is 5.91 Å². The molecule has 3 rings (SSSR count). The Balaban J connectivity index is 1.34. The number of amides is 2. The molecular formula is C19H29N3O3. The first kappa shape index (κ1) is 18.0. The third-order valence-corrected chi connectivity index (χ3v) is 5.27. The molecule has 1 saturated carbocycles. The van der Waals surface area contributed by atoms with E-state index in [0.717, 1.165) is 32.5 Å². The van der Waals surface area contributed by atoms with Crippen molar-refractivity contribution >= 4 is 11.8 Å². The van der Waals surface area contributed by atoms with Crippen molar-refractivity contribution in [1.29, 1.82) is 0 Å². The van der Waals surface area contributed by atoms with Gasteiger partial charge in [0.15, 0.2) is 5.76 Å². The van der Waals surface area contributed by atoms with Crippen LogP contribution in [0.4, 0.5) is 0 Å². The molecule has 1 aromatic rings. The van der Waals surface area contributed by atoms with Crippen molar-refractivity contribution in [2.24, 2.45) is 0 Å². The van der Waals surface area contributed by atoms with Gasteiger partial charge in [0, 0.05) is 45.2 Å². The van der Waals surface area contributed by atoms with E-state index in [0.29, 0.717) is 31.3 Å². The van der Waals surface area contributed by atoms with E-state index in [1.807, 2.05) is 4.90 Å². The van der Waals surface area contributed by atoms with E-state index in [1.165, 1.54) is 31.9 Å². The maximum Gasteiger partial charge on any atom is 0.289 e. The van der Waals surface area contributed by atoms with E-state index in [-0.39, 0.29) is 11.8 Å². The predicted molar refractivity (Wildman–Crippen MR) is 95.3 cm³/mol. The standard InChI is InChI=1S/C19H29N3O3/c23-18(20-16-6-3-1-2-4-7-16)9-10-21-11-13-22(14-12-21)19(24)17-8-5-15-25-17/h5,8,15-16H,1-4,6-7,9-14H2,(H,20,23). The number of hydrogen-bond acceptors (Lipinski definition) is 4. The van der Waals surface area contributed by atoms with Crippen LogP contribution >= 0.6 is 0 Å². The number of furan rings is 1. The van der Waals surface area contributed by atoms with Crippen LogP contribution in [-0.2, 0) is 4.79 Å². The predicted octanol–water partition coefficient (Wildman–Crippen LogP) is 2.27. The van der Waals surface area contributed by atoms with Gasteiger partial charge in [0.1, 0.15) is 0 Å². The number of piperazine rings is 1. The van der Waals surface area contributed by atoms with E-state index in [2.05, 4.69) is 10.2 Å². The van der Waals surface area contributed by atoms with E-state index in [9.17, 15) is 9.59 Å². The van der Waals surface area contributed by atoms with Gasteiger partial charge in [-0.05, 0) is 25.0 Å². The van der Waals surface area contributed by atoms with Crippen LogP contribution in [0.2, 0.25) is 0 Å². The van der Waals surface area contributed by atoms with Gasteiger partial charge < -0.3 is 14.6 Å². The lowest BCUT2D eigenvalue weighted by molar-refractivity contribution is -0.122. The average Bonchev–Trinajstić information content (AvgIpc) is 3.05. The van der Waals surface area contributed by atoms with Gasteiger partial charge >= 0.3 is 0 Å². The molecule has 0 spiro atoms.